The Kier molecular flexibility index (Phi) is 4.38. The van der Waals surface area contributed by atoms with Gasteiger partial charge in [0.25, 0.3) is 0 Å². The van der Waals surface area contributed by atoms with Gasteiger partial charge in [-0.2, -0.15) is 0 Å². The summed E-state index contributed by atoms with van der Waals surface area (Å²) < 4.78 is 10.8. The number of ether oxygens (including phenoxy) is 1. The lowest BCUT2D eigenvalue weighted by molar-refractivity contribution is 0.0468. The van der Waals surface area contributed by atoms with Crippen molar-refractivity contribution in [1.29, 1.82) is 0 Å². The van der Waals surface area contributed by atoms with E-state index in [2.05, 4.69) is 4.98 Å². The summed E-state index contributed by atoms with van der Waals surface area (Å²) in [5.41, 5.74) is 2.37. The topological polar surface area (TPSA) is 69.4 Å². The van der Waals surface area contributed by atoms with Crippen molar-refractivity contribution in [2.45, 2.75) is 6.92 Å². The molecule has 27 heavy (non-hydrogen) atoms. The van der Waals surface area contributed by atoms with Crippen molar-refractivity contribution in [2.24, 2.45) is 0 Å². The third-order valence-corrected chi connectivity index (χ3v) is 4.53. The smallest absolute Gasteiger partial charge is 0.338 e. The molecule has 134 valence electrons. The molecule has 0 saturated heterocycles. The normalized spacial score (nSPS) is 11.0. The Hall–Kier alpha value is -3.18. The molecular formula is C21H14ClNO4. The standard InChI is InChI=1S/C21H14ClNO4/c1-12-15-4-2-3-5-18(15)27-20(12)17(24)11-26-21(25)14-6-8-16-13(10-14)7-9-19(22)23-16/h2-10H,11H2,1H3. The van der Waals surface area contributed by atoms with Gasteiger partial charge in [-0.3, -0.25) is 4.79 Å². The predicted octanol–water partition coefficient (Wildman–Crippen LogP) is 4.98. The number of hydrogen-bond donors (Lipinski definition) is 0. The first kappa shape index (κ1) is 17.2. The number of para-hydroxylation sites is 1. The Morgan fingerprint density at radius 2 is 1.93 bits per heavy atom. The van der Waals surface area contributed by atoms with Crippen LogP contribution >= 0.6 is 11.6 Å². The van der Waals surface area contributed by atoms with Crippen LogP contribution in [0.4, 0.5) is 0 Å². The van der Waals surface area contributed by atoms with Gasteiger partial charge < -0.3 is 9.15 Å². The maximum Gasteiger partial charge on any atom is 0.338 e. The van der Waals surface area contributed by atoms with E-state index in [0.29, 0.717) is 21.8 Å². The number of esters is 1. The van der Waals surface area contributed by atoms with Crippen LogP contribution in [0.25, 0.3) is 21.9 Å². The van der Waals surface area contributed by atoms with Crippen LogP contribution in [-0.2, 0) is 4.74 Å². The molecule has 0 amide bonds. The number of ketones is 1. The van der Waals surface area contributed by atoms with Crippen LogP contribution in [0.1, 0.15) is 26.5 Å². The number of fused-ring (bicyclic) bond motifs is 2. The highest BCUT2D eigenvalue weighted by Gasteiger charge is 2.19. The van der Waals surface area contributed by atoms with Crippen molar-refractivity contribution < 1.29 is 18.7 Å². The molecule has 2 heterocycles. The summed E-state index contributed by atoms with van der Waals surface area (Å²) in [5.74, 6) is -0.762. The summed E-state index contributed by atoms with van der Waals surface area (Å²) >= 11 is 5.86. The quantitative estimate of drug-likeness (QED) is 0.284. The first-order valence-corrected chi connectivity index (χ1v) is 8.65. The Bertz CT molecular complexity index is 1200. The van der Waals surface area contributed by atoms with Crippen LogP contribution in [0.2, 0.25) is 5.15 Å². The van der Waals surface area contributed by atoms with Gasteiger partial charge in [-0.1, -0.05) is 29.8 Å². The first-order chi connectivity index (χ1) is 13.0. The molecule has 0 spiro atoms. The molecule has 2 aromatic carbocycles. The number of carbonyl (C=O) groups is 2. The number of aryl methyl sites for hydroxylation is 1. The number of furan rings is 1. The van der Waals surface area contributed by atoms with Crippen LogP contribution in [0, 0.1) is 6.92 Å². The van der Waals surface area contributed by atoms with E-state index in [4.69, 9.17) is 20.8 Å². The second-order valence-electron chi connectivity index (χ2n) is 6.09. The van der Waals surface area contributed by atoms with Gasteiger partial charge in [0.15, 0.2) is 12.4 Å². The largest absolute Gasteiger partial charge is 0.454 e. The number of benzene rings is 2. The van der Waals surface area contributed by atoms with Crippen LogP contribution in [0.3, 0.4) is 0 Å². The van der Waals surface area contributed by atoms with Gasteiger partial charge in [-0.25, -0.2) is 9.78 Å². The fourth-order valence-corrected chi connectivity index (χ4v) is 3.10. The highest BCUT2D eigenvalue weighted by molar-refractivity contribution is 6.29. The SMILES string of the molecule is Cc1c(C(=O)COC(=O)c2ccc3nc(Cl)ccc3c2)oc2ccccc12. The average molecular weight is 380 g/mol. The van der Waals surface area contributed by atoms with Crippen molar-refractivity contribution in [1.82, 2.24) is 4.98 Å². The zero-order valence-corrected chi connectivity index (χ0v) is 15.1. The summed E-state index contributed by atoms with van der Waals surface area (Å²) in [7, 11) is 0. The van der Waals surface area contributed by atoms with E-state index < -0.39 is 12.6 Å². The van der Waals surface area contributed by atoms with Crippen molar-refractivity contribution >= 4 is 45.2 Å². The molecule has 2 aromatic heterocycles. The number of nitrogens with zero attached hydrogens (tertiary/aromatic N) is 1. The molecule has 0 atom stereocenters. The minimum Gasteiger partial charge on any atom is -0.454 e. The van der Waals surface area contributed by atoms with Crippen LogP contribution in [0.5, 0.6) is 0 Å². The van der Waals surface area contributed by atoms with Crippen LogP contribution < -0.4 is 0 Å². The van der Waals surface area contributed by atoms with E-state index >= 15 is 0 Å². The van der Waals surface area contributed by atoms with Gasteiger partial charge in [0.1, 0.15) is 10.7 Å². The van der Waals surface area contributed by atoms with Crippen LogP contribution in [0.15, 0.2) is 59.0 Å². The zero-order valence-electron chi connectivity index (χ0n) is 14.4. The molecule has 0 fully saturated rings. The number of carbonyl (C=O) groups excluding carboxylic acids is 2. The summed E-state index contributed by atoms with van der Waals surface area (Å²) in [5, 5.41) is 2.01. The molecule has 4 aromatic rings. The molecule has 0 aliphatic rings. The van der Waals surface area contributed by atoms with E-state index in [1.807, 2.05) is 25.1 Å². The van der Waals surface area contributed by atoms with Gasteiger partial charge in [0, 0.05) is 16.3 Å². The van der Waals surface area contributed by atoms with E-state index in [1.54, 1.807) is 36.4 Å². The summed E-state index contributed by atoms with van der Waals surface area (Å²) in [6, 6.07) is 15.7. The van der Waals surface area contributed by atoms with E-state index in [9.17, 15) is 9.59 Å². The van der Waals surface area contributed by atoms with Gasteiger partial charge in [0.05, 0.1) is 11.1 Å². The molecule has 0 bridgehead atoms. The van der Waals surface area contributed by atoms with Gasteiger partial charge in [-0.05, 0) is 43.3 Å². The van der Waals surface area contributed by atoms with Gasteiger partial charge >= 0.3 is 5.97 Å². The number of halogens is 1. The summed E-state index contributed by atoms with van der Waals surface area (Å²) in [6.07, 6.45) is 0. The van der Waals surface area contributed by atoms with Gasteiger partial charge in [-0.15, -0.1) is 0 Å². The molecule has 0 aliphatic carbocycles. The number of hydrogen-bond acceptors (Lipinski definition) is 5. The Morgan fingerprint density at radius 3 is 2.74 bits per heavy atom. The average Bonchev–Trinajstić information content (AvgIpc) is 3.02. The third-order valence-electron chi connectivity index (χ3n) is 4.32. The zero-order chi connectivity index (χ0) is 19.0. The summed E-state index contributed by atoms with van der Waals surface area (Å²) in [4.78, 5) is 28.9. The predicted molar refractivity (Wildman–Crippen MR) is 102 cm³/mol. The first-order valence-electron chi connectivity index (χ1n) is 8.28. The van der Waals surface area contributed by atoms with Crippen LogP contribution in [-0.4, -0.2) is 23.3 Å². The highest BCUT2D eigenvalue weighted by atomic mass is 35.5. The molecular weight excluding hydrogens is 366 g/mol. The number of Topliss-reactive ketones (excluding diaryl/α,β-unsaturated/α-hetero) is 1. The Morgan fingerprint density at radius 1 is 1.11 bits per heavy atom. The minimum absolute atomic E-state index is 0.210. The monoisotopic (exact) mass is 379 g/mol. The maximum absolute atomic E-state index is 12.4. The number of aromatic nitrogens is 1. The molecule has 0 N–H and O–H groups in total. The van der Waals surface area contributed by atoms with Crippen molar-refractivity contribution in [3.8, 4) is 0 Å². The Labute approximate surface area is 159 Å². The fraction of sp³-hybridized carbons (Fsp3) is 0.0952. The highest BCUT2D eigenvalue weighted by Crippen LogP contribution is 2.25. The second-order valence-corrected chi connectivity index (χ2v) is 6.48. The van der Waals surface area contributed by atoms with E-state index in [1.165, 1.54) is 0 Å². The van der Waals surface area contributed by atoms with Crippen molar-refractivity contribution in [3.05, 3.63) is 76.6 Å². The molecule has 0 aliphatic heterocycles. The fourth-order valence-electron chi connectivity index (χ4n) is 2.95. The molecule has 4 rings (SSSR count). The number of pyridine rings is 1. The molecule has 6 heteroatoms. The second kappa shape index (κ2) is 6.85. The molecule has 0 saturated carbocycles. The molecule has 5 nitrogen and oxygen atoms in total. The maximum atomic E-state index is 12.4. The lowest BCUT2D eigenvalue weighted by atomic mass is 10.1. The third kappa shape index (κ3) is 3.29. The lowest BCUT2D eigenvalue weighted by Gasteiger charge is -2.05. The van der Waals surface area contributed by atoms with Crippen molar-refractivity contribution in [3.63, 3.8) is 0 Å². The molecule has 0 radical (unpaired) electrons. The Balaban J connectivity index is 1.50. The van der Waals surface area contributed by atoms with E-state index in [-0.39, 0.29) is 11.5 Å². The van der Waals surface area contributed by atoms with E-state index in [0.717, 1.165) is 16.3 Å². The molecule has 0 unspecified atom stereocenters. The van der Waals surface area contributed by atoms with Gasteiger partial charge in [0.2, 0.25) is 5.78 Å². The lowest BCUT2D eigenvalue weighted by Crippen LogP contribution is -2.14. The summed E-state index contributed by atoms with van der Waals surface area (Å²) in [6.45, 7) is 1.42. The minimum atomic E-state index is -0.589. The number of rotatable bonds is 4. The van der Waals surface area contributed by atoms with Crippen molar-refractivity contribution in [2.75, 3.05) is 6.61 Å².